The van der Waals surface area contributed by atoms with Crippen molar-refractivity contribution in [2.24, 2.45) is 7.05 Å². The van der Waals surface area contributed by atoms with Crippen molar-refractivity contribution >= 4 is 34.3 Å². The number of methoxy groups -OCH3 is 1. The fourth-order valence-corrected chi connectivity index (χ4v) is 2.41. The Kier molecular flexibility index (Phi) is 3.83. The zero-order valence-corrected chi connectivity index (χ0v) is 13.2. The van der Waals surface area contributed by atoms with E-state index in [1.807, 2.05) is 0 Å². The number of rotatable bonds is 3. The number of fused-ring (bicyclic) bond motifs is 1. The maximum atomic E-state index is 12.4. The molecule has 0 bridgehead atoms. The van der Waals surface area contributed by atoms with Crippen molar-refractivity contribution in [2.75, 3.05) is 12.4 Å². The molecule has 1 aromatic heterocycles. The summed E-state index contributed by atoms with van der Waals surface area (Å²) in [7, 11) is 3.09. The van der Waals surface area contributed by atoms with E-state index in [1.54, 1.807) is 43.4 Å². The van der Waals surface area contributed by atoms with Crippen molar-refractivity contribution in [3.05, 3.63) is 57.5 Å². The predicted octanol–water partition coefficient (Wildman–Crippen LogP) is 3.05. The van der Waals surface area contributed by atoms with Crippen molar-refractivity contribution in [3.8, 4) is 5.75 Å². The highest BCUT2D eigenvalue weighted by atomic mass is 35.5. The van der Waals surface area contributed by atoms with Gasteiger partial charge in [0.05, 0.1) is 18.3 Å². The largest absolute Gasteiger partial charge is 0.495 e. The zero-order chi connectivity index (χ0) is 16.6. The molecule has 0 spiro atoms. The summed E-state index contributed by atoms with van der Waals surface area (Å²) in [6, 6.07) is 9.69. The number of nitrogens with zero attached hydrogens (tertiary/aromatic N) is 1. The molecule has 2 aromatic carbocycles. The zero-order valence-electron chi connectivity index (χ0n) is 12.4. The Morgan fingerprint density at radius 1 is 1.26 bits per heavy atom. The third kappa shape index (κ3) is 2.80. The van der Waals surface area contributed by atoms with Gasteiger partial charge in [-0.25, -0.2) is 4.79 Å². The third-order valence-electron chi connectivity index (χ3n) is 3.46. The van der Waals surface area contributed by atoms with E-state index in [2.05, 4.69) is 5.32 Å². The van der Waals surface area contributed by atoms with Crippen LogP contribution in [0.4, 0.5) is 5.69 Å². The van der Waals surface area contributed by atoms with Gasteiger partial charge in [0.25, 0.3) is 5.91 Å². The molecule has 1 heterocycles. The van der Waals surface area contributed by atoms with Crippen LogP contribution in [-0.2, 0) is 7.05 Å². The van der Waals surface area contributed by atoms with Gasteiger partial charge in [-0.2, -0.15) is 0 Å². The lowest BCUT2D eigenvalue weighted by Gasteiger charge is -2.10. The highest BCUT2D eigenvalue weighted by Gasteiger charge is 2.13. The summed E-state index contributed by atoms with van der Waals surface area (Å²) < 4.78 is 11.6. The smallest absolute Gasteiger partial charge is 0.419 e. The van der Waals surface area contributed by atoms with Crippen molar-refractivity contribution < 1.29 is 13.9 Å². The quantitative estimate of drug-likeness (QED) is 0.800. The minimum atomic E-state index is -0.478. The van der Waals surface area contributed by atoms with Gasteiger partial charge >= 0.3 is 5.76 Å². The number of oxazole rings is 1. The molecule has 0 fully saturated rings. The number of ether oxygens (including phenoxy) is 1. The SMILES string of the molecule is COc1ccc(Cl)cc1NC(=O)c1ccc2oc(=O)n(C)c2c1. The van der Waals surface area contributed by atoms with E-state index in [4.69, 9.17) is 20.8 Å². The number of carbonyl (C=O) groups is 1. The molecule has 0 aliphatic heterocycles. The Morgan fingerprint density at radius 3 is 2.78 bits per heavy atom. The number of aromatic nitrogens is 1. The van der Waals surface area contributed by atoms with Gasteiger partial charge in [-0.05, 0) is 36.4 Å². The van der Waals surface area contributed by atoms with Crippen LogP contribution in [-0.4, -0.2) is 17.6 Å². The molecule has 0 radical (unpaired) electrons. The van der Waals surface area contributed by atoms with Gasteiger partial charge in [0.1, 0.15) is 5.75 Å². The molecule has 1 amide bonds. The van der Waals surface area contributed by atoms with Crippen LogP contribution in [0.25, 0.3) is 11.1 Å². The Morgan fingerprint density at radius 2 is 2.04 bits per heavy atom. The molecule has 0 aliphatic rings. The Hall–Kier alpha value is -2.73. The van der Waals surface area contributed by atoms with Gasteiger partial charge in [-0.1, -0.05) is 11.6 Å². The van der Waals surface area contributed by atoms with E-state index < -0.39 is 5.76 Å². The number of anilines is 1. The number of amides is 1. The Bertz CT molecular complexity index is 958. The molecular formula is C16H13ClN2O4. The van der Waals surface area contributed by atoms with E-state index >= 15 is 0 Å². The number of benzene rings is 2. The first-order valence-corrected chi connectivity index (χ1v) is 7.12. The molecule has 23 heavy (non-hydrogen) atoms. The molecule has 0 unspecified atom stereocenters. The molecule has 0 aliphatic carbocycles. The molecule has 6 nitrogen and oxygen atoms in total. The molecular weight excluding hydrogens is 320 g/mol. The standard InChI is InChI=1S/C16H13ClN2O4/c1-19-12-7-9(3-5-14(12)23-16(19)21)15(20)18-11-8-10(17)4-6-13(11)22-2/h3-8H,1-2H3,(H,18,20). The monoisotopic (exact) mass is 332 g/mol. The van der Waals surface area contributed by atoms with Gasteiger partial charge in [0.2, 0.25) is 0 Å². The summed E-state index contributed by atoms with van der Waals surface area (Å²) in [5.41, 5.74) is 1.82. The van der Waals surface area contributed by atoms with Crippen molar-refractivity contribution in [3.63, 3.8) is 0 Å². The topological polar surface area (TPSA) is 73.5 Å². The molecule has 0 saturated heterocycles. The maximum absolute atomic E-state index is 12.4. The van der Waals surface area contributed by atoms with Crippen molar-refractivity contribution in [1.29, 1.82) is 0 Å². The van der Waals surface area contributed by atoms with E-state index in [0.717, 1.165) is 0 Å². The number of carbonyl (C=O) groups excluding carboxylic acids is 1. The molecule has 1 N–H and O–H groups in total. The lowest BCUT2D eigenvalue weighted by Crippen LogP contribution is -2.13. The van der Waals surface area contributed by atoms with Crippen LogP contribution in [0.5, 0.6) is 5.75 Å². The third-order valence-corrected chi connectivity index (χ3v) is 3.70. The van der Waals surface area contributed by atoms with Gasteiger partial charge in [-0.15, -0.1) is 0 Å². The number of halogens is 1. The second-order valence-corrected chi connectivity index (χ2v) is 5.34. The average molecular weight is 333 g/mol. The summed E-state index contributed by atoms with van der Waals surface area (Å²) in [5.74, 6) is -0.324. The first-order valence-electron chi connectivity index (χ1n) is 6.74. The normalized spacial score (nSPS) is 10.7. The molecule has 0 atom stereocenters. The van der Waals surface area contributed by atoms with Crippen LogP contribution in [0.1, 0.15) is 10.4 Å². The lowest BCUT2D eigenvalue weighted by molar-refractivity contribution is 0.102. The van der Waals surface area contributed by atoms with Gasteiger partial charge in [-0.3, -0.25) is 9.36 Å². The minimum Gasteiger partial charge on any atom is -0.495 e. The first kappa shape index (κ1) is 15.2. The molecule has 0 saturated carbocycles. The highest BCUT2D eigenvalue weighted by Crippen LogP contribution is 2.28. The van der Waals surface area contributed by atoms with E-state index in [-0.39, 0.29) is 5.91 Å². The minimum absolute atomic E-state index is 0.346. The number of hydrogen-bond acceptors (Lipinski definition) is 4. The summed E-state index contributed by atoms with van der Waals surface area (Å²) in [5, 5.41) is 3.22. The first-order chi connectivity index (χ1) is 11.0. The summed E-state index contributed by atoms with van der Waals surface area (Å²) in [4.78, 5) is 23.9. The second kappa shape index (κ2) is 5.81. The van der Waals surface area contributed by atoms with E-state index in [0.29, 0.717) is 33.1 Å². The van der Waals surface area contributed by atoms with Crippen LogP contribution in [0.2, 0.25) is 5.02 Å². The fourth-order valence-electron chi connectivity index (χ4n) is 2.24. The maximum Gasteiger partial charge on any atom is 0.419 e. The van der Waals surface area contributed by atoms with Crippen molar-refractivity contribution in [1.82, 2.24) is 4.57 Å². The molecule has 7 heteroatoms. The second-order valence-electron chi connectivity index (χ2n) is 4.91. The Balaban J connectivity index is 1.96. The highest BCUT2D eigenvalue weighted by molar-refractivity contribution is 6.31. The van der Waals surface area contributed by atoms with Gasteiger partial charge in [0.15, 0.2) is 5.58 Å². The van der Waals surface area contributed by atoms with Crippen LogP contribution in [0.3, 0.4) is 0 Å². The lowest BCUT2D eigenvalue weighted by atomic mass is 10.2. The van der Waals surface area contributed by atoms with Gasteiger partial charge < -0.3 is 14.5 Å². The summed E-state index contributed by atoms with van der Waals surface area (Å²) in [6.45, 7) is 0. The Labute approximate surface area is 136 Å². The van der Waals surface area contributed by atoms with Crippen LogP contribution >= 0.6 is 11.6 Å². The van der Waals surface area contributed by atoms with Crippen LogP contribution in [0, 0.1) is 0 Å². The van der Waals surface area contributed by atoms with Crippen LogP contribution < -0.4 is 15.8 Å². The predicted molar refractivity (Wildman–Crippen MR) is 87.4 cm³/mol. The molecule has 3 aromatic rings. The van der Waals surface area contributed by atoms with E-state index in [9.17, 15) is 9.59 Å². The number of nitrogens with one attached hydrogen (secondary N) is 1. The van der Waals surface area contributed by atoms with E-state index in [1.165, 1.54) is 11.7 Å². The fraction of sp³-hybridized carbons (Fsp3) is 0.125. The number of hydrogen-bond donors (Lipinski definition) is 1. The summed E-state index contributed by atoms with van der Waals surface area (Å²) >= 11 is 5.95. The van der Waals surface area contributed by atoms with Crippen LogP contribution in [0.15, 0.2) is 45.6 Å². The summed E-state index contributed by atoms with van der Waals surface area (Å²) in [6.07, 6.45) is 0. The number of aryl methyl sites for hydroxylation is 1. The molecule has 3 rings (SSSR count). The average Bonchev–Trinajstić information content (AvgIpc) is 2.82. The van der Waals surface area contributed by atoms with Crippen molar-refractivity contribution in [2.45, 2.75) is 0 Å². The molecule has 118 valence electrons. The van der Waals surface area contributed by atoms with Gasteiger partial charge in [0, 0.05) is 17.6 Å².